The largest absolute Gasteiger partial charge is 0.393 e. The van der Waals surface area contributed by atoms with Crippen LogP contribution in [0.3, 0.4) is 0 Å². The third-order valence-electron chi connectivity index (χ3n) is 3.27. The maximum Gasteiger partial charge on any atom is 0.0608 e. The Labute approximate surface area is 75.2 Å². The maximum atomic E-state index is 9.92. The van der Waals surface area contributed by atoms with Gasteiger partial charge in [0, 0.05) is 12.0 Å². The van der Waals surface area contributed by atoms with Crippen molar-refractivity contribution >= 4 is 0 Å². The summed E-state index contributed by atoms with van der Waals surface area (Å²) in [4.78, 5) is 0. The van der Waals surface area contributed by atoms with Crippen molar-refractivity contribution in [3.8, 4) is 0 Å². The molecule has 3 N–H and O–H groups in total. The quantitative estimate of drug-likeness (QED) is 0.676. The normalized spacial score (nSPS) is 24.2. The smallest absolute Gasteiger partial charge is 0.0608 e. The van der Waals surface area contributed by atoms with Gasteiger partial charge in [-0.05, 0) is 19.3 Å². The van der Waals surface area contributed by atoms with Gasteiger partial charge < -0.3 is 10.8 Å². The number of hydrogen-bond donors (Lipinski definition) is 2. The first-order valence-electron chi connectivity index (χ1n) is 5.13. The van der Waals surface area contributed by atoms with Crippen molar-refractivity contribution < 1.29 is 5.11 Å². The lowest BCUT2D eigenvalue weighted by molar-refractivity contribution is 0.0275. The molecule has 0 aromatic carbocycles. The molecular weight excluding hydrogens is 150 g/mol. The Hall–Kier alpha value is -0.0800. The minimum absolute atomic E-state index is 0.0794. The number of rotatable bonds is 4. The van der Waals surface area contributed by atoms with Crippen LogP contribution >= 0.6 is 0 Å². The van der Waals surface area contributed by atoms with Gasteiger partial charge in [0.15, 0.2) is 0 Å². The lowest BCUT2D eigenvalue weighted by atomic mass is 9.78. The van der Waals surface area contributed by atoms with E-state index in [1.807, 2.05) is 0 Å². The summed E-state index contributed by atoms with van der Waals surface area (Å²) in [5.74, 6) is 0. The second-order valence-electron chi connectivity index (χ2n) is 4.08. The van der Waals surface area contributed by atoms with Gasteiger partial charge in [-0.1, -0.05) is 26.2 Å². The monoisotopic (exact) mass is 171 g/mol. The van der Waals surface area contributed by atoms with Crippen molar-refractivity contribution in [1.82, 2.24) is 0 Å². The second kappa shape index (κ2) is 4.24. The fourth-order valence-electron chi connectivity index (χ4n) is 2.33. The summed E-state index contributed by atoms with van der Waals surface area (Å²) in [5.41, 5.74) is 5.82. The van der Waals surface area contributed by atoms with Gasteiger partial charge >= 0.3 is 0 Å². The van der Waals surface area contributed by atoms with Gasteiger partial charge in [-0.3, -0.25) is 0 Å². The molecule has 1 saturated carbocycles. The lowest BCUT2D eigenvalue weighted by Gasteiger charge is -2.32. The molecule has 1 atom stereocenters. The van der Waals surface area contributed by atoms with Crippen LogP contribution in [0.1, 0.15) is 45.4 Å². The van der Waals surface area contributed by atoms with E-state index in [4.69, 9.17) is 5.73 Å². The van der Waals surface area contributed by atoms with Crippen molar-refractivity contribution in [3.63, 3.8) is 0 Å². The van der Waals surface area contributed by atoms with Gasteiger partial charge in [0.05, 0.1) is 6.10 Å². The molecular formula is C10H21NO. The van der Waals surface area contributed by atoms with Crippen molar-refractivity contribution in [2.24, 2.45) is 11.1 Å². The van der Waals surface area contributed by atoms with Gasteiger partial charge in [0.25, 0.3) is 0 Å². The summed E-state index contributed by atoms with van der Waals surface area (Å²) in [6.45, 7) is 2.77. The van der Waals surface area contributed by atoms with Crippen LogP contribution in [-0.4, -0.2) is 17.8 Å². The zero-order valence-corrected chi connectivity index (χ0v) is 8.05. The van der Waals surface area contributed by atoms with Crippen LogP contribution in [0, 0.1) is 5.41 Å². The van der Waals surface area contributed by atoms with Gasteiger partial charge in [0.1, 0.15) is 0 Å². The molecule has 1 rings (SSSR count). The first-order chi connectivity index (χ1) is 5.75. The molecule has 1 unspecified atom stereocenters. The Kier molecular flexibility index (Phi) is 3.53. The van der Waals surface area contributed by atoms with E-state index in [-0.39, 0.29) is 11.5 Å². The van der Waals surface area contributed by atoms with E-state index in [9.17, 15) is 5.11 Å². The number of nitrogens with two attached hydrogens (primary N) is 1. The standard InChI is InChI=1S/C10H21NO/c1-2-5-9(12)10(8-11)6-3-4-7-10/h9,12H,2-8,11H2,1H3. The minimum atomic E-state index is -0.157. The molecule has 0 amide bonds. The third-order valence-corrected chi connectivity index (χ3v) is 3.27. The summed E-state index contributed by atoms with van der Waals surface area (Å²) >= 11 is 0. The van der Waals surface area contributed by atoms with Crippen LogP contribution in [0.2, 0.25) is 0 Å². The third kappa shape index (κ3) is 1.80. The first kappa shape index (κ1) is 10.0. The Balaban J connectivity index is 2.52. The van der Waals surface area contributed by atoms with E-state index in [2.05, 4.69) is 6.92 Å². The first-order valence-corrected chi connectivity index (χ1v) is 5.13. The molecule has 0 radical (unpaired) electrons. The van der Waals surface area contributed by atoms with Crippen molar-refractivity contribution in [1.29, 1.82) is 0 Å². The van der Waals surface area contributed by atoms with E-state index < -0.39 is 0 Å². The molecule has 0 saturated heterocycles. The highest BCUT2D eigenvalue weighted by Gasteiger charge is 2.38. The van der Waals surface area contributed by atoms with Crippen molar-refractivity contribution in [3.05, 3.63) is 0 Å². The SMILES string of the molecule is CCCC(O)C1(CN)CCCC1. The molecule has 0 bridgehead atoms. The van der Waals surface area contributed by atoms with Crippen LogP contribution in [0.25, 0.3) is 0 Å². The Morgan fingerprint density at radius 3 is 2.42 bits per heavy atom. The average Bonchev–Trinajstić information content (AvgIpc) is 2.54. The molecule has 72 valence electrons. The zero-order chi connectivity index (χ0) is 9.03. The Morgan fingerprint density at radius 2 is 2.00 bits per heavy atom. The Morgan fingerprint density at radius 1 is 1.42 bits per heavy atom. The minimum Gasteiger partial charge on any atom is -0.393 e. The van der Waals surface area contributed by atoms with E-state index in [1.165, 1.54) is 12.8 Å². The molecule has 0 aromatic rings. The van der Waals surface area contributed by atoms with Gasteiger partial charge in [-0.2, -0.15) is 0 Å². The molecule has 1 fully saturated rings. The van der Waals surface area contributed by atoms with E-state index in [0.717, 1.165) is 25.7 Å². The number of aliphatic hydroxyl groups excluding tert-OH is 1. The number of hydrogen-bond acceptors (Lipinski definition) is 2. The van der Waals surface area contributed by atoms with E-state index in [0.29, 0.717) is 6.54 Å². The highest BCUT2D eigenvalue weighted by molar-refractivity contribution is 4.91. The molecule has 0 aromatic heterocycles. The van der Waals surface area contributed by atoms with E-state index >= 15 is 0 Å². The maximum absolute atomic E-state index is 9.92. The van der Waals surface area contributed by atoms with Crippen LogP contribution in [-0.2, 0) is 0 Å². The number of aliphatic hydroxyl groups is 1. The molecule has 0 aliphatic heterocycles. The topological polar surface area (TPSA) is 46.2 Å². The average molecular weight is 171 g/mol. The van der Waals surface area contributed by atoms with Crippen molar-refractivity contribution in [2.45, 2.75) is 51.6 Å². The van der Waals surface area contributed by atoms with Gasteiger partial charge in [-0.25, -0.2) is 0 Å². The molecule has 2 heteroatoms. The predicted octanol–water partition coefficient (Wildman–Crippen LogP) is 1.67. The summed E-state index contributed by atoms with van der Waals surface area (Å²) < 4.78 is 0. The van der Waals surface area contributed by atoms with Crippen LogP contribution in [0.4, 0.5) is 0 Å². The summed E-state index contributed by atoms with van der Waals surface area (Å²) in [7, 11) is 0. The summed E-state index contributed by atoms with van der Waals surface area (Å²) in [6, 6.07) is 0. The molecule has 12 heavy (non-hydrogen) atoms. The van der Waals surface area contributed by atoms with Crippen LogP contribution < -0.4 is 5.73 Å². The van der Waals surface area contributed by atoms with Gasteiger partial charge in [0.2, 0.25) is 0 Å². The van der Waals surface area contributed by atoms with Crippen LogP contribution in [0.15, 0.2) is 0 Å². The zero-order valence-electron chi connectivity index (χ0n) is 8.05. The fraction of sp³-hybridized carbons (Fsp3) is 1.00. The van der Waals surface area contributed by atoms with Crippen LogP contribution in [0.5, 0.6) is 0 Å². The van der Waals surface area contributed by atoms with E-state index in [1.54, 1.807) is 0 Å². The molecule has 1 aliphatic carbocycles. The molecule has 0 heterocycles. The molecule has 0 spiro atoms. The highest BCUT2D eigenvalue weighted by atomic mass is 16.3. The summed E-state index contributed by atoms with van der Waals surface area (Å²) in [6.07, 6.45) is 6.57. The Bertz CT molecular complexity index is 130. The highest BCUT2D eigenvalue weighted by Crippen LogP contribution is 2.41. The second-order valence-corrected chi connectivity index (χ2v) is 4.08. The van der Waals surface area contributed by atoms with Crippen molar-refractivity contribution in [2.75, 3.05) is 6.54 Å². The van der Waals surface area contributed by atoms with Gasteiger partial charge in [-0.15, -0.1) is 0 Å². The molecule has 2 nitrogen and oxygen atoms in total. The predicted molar refractivity (Wildman–Crippen MR) is 50.9 cm³/mol. The lowest BCUT2D eigenvalue weighted by Crippen LogP contribution is -2.39. The summed E-state index contributed by atoms with van der Waals surface area (Å²) in [5, 5.41) is 9.92. The molecule has 1 aliphatic rings. The fourth-order valence-corrected chi connectivity index (χ4v) is 2.33.